The summed E-state index contributed by atoms with van der Waals surface area (Å²) in [6.07, 6.45) is 0.229. The molecule has 0 radical (unpaired) electrons. The number of carbonyl (C=O) groups is 2. The van der Waals surface area contributed by atoms with Gasteiger partial charge in [0, 0.05) is 48.0 Å². The molecule has 0 amide bonds. The number of aromatic nitrogens is 3. The van der Waals surface area contributed by atoms with Crippen LogP contribution in [-0.2, 0) is 19.4 Å². The minimum Gasteiger partial charge on any atom is -0.493 e. The highest BCUT2D eigenvalue weighted by Gasteiger charge is 2.43. The Morgan fingerprint density at radius 1 is 1.08 bits per heavy atom. The van der Waals surface area contributed by atoms with E-state index in [9.17, 15) is 22.8 Å². The molecular weight excluding hydrogens is 505 g/mol. The fourth-order valence-corrected chi connectivity index (χ4v) is 4.03. The highest BCUT2D eigenvalue weighted by atomic mass is 19.4. The molecule has 2 aromatic carbocycles. The van der Waals surface area contributed by atoms with Crippen molar-refractivity contribution in [3.05, 3.63) is 77.7 Å². The van der Waals surface area contributed by atoms with E-state index in [4.69, 9.17) is 4.74 Å². The first-order chi connectivity index (χ1) is 18.2. The lowest BCUT2D eigenvalue weighted by atomic mass is 9.86. The SMILES string of the molecule is Cc1ccccc1C(CC(=O)OOC(=O)C(F)(F)F)c1c[nH]c2cc(OCCCNc3ncc[nH]3)ccc12. The second-order valence-corrected chi connectivity index (χ2v) is 8.46. The number of halogens is 3. The molecule has 0 aliphatic carbocycles. The van der Waals surface area contributed by atoms with Crippen LogP contribution in [0.1, 0.15) is 35.4 Å². The van der Waals surface area contributed by atoms with Gasteiger partial charge in [-0.3, -0.25) is 0 Å². The number of carbonyl (C=O) groups excluding carboxylic acids is 2. The lowest BCUT2D eigenvalue weighted by molar-refractivity contribution is -0.285. The molecule has 12 heteroatoms. The second-order valence-electron chi connectivity index (χ2n) is 8.46. The van der Waals surface area contributed by atoms with Gasteiger partial charge in [-0.15, -0.1) is 0 Å². The predicted octanol–water partition coefficient (Wildman–Crippen LogP) is 5.17. The third-order valence-corrected chi connectivity index (χ3v) is 5.82. The Hall–Kier alpha value is -4.48. The summed E-state index contributed by atoms with van der Waals surface area (Å²) in [5.74, 6) is -2.96. The Morgan fingerprint density at radius 3 is 2.63 bits per heavy atom. The van der Waals surface area contributed by atoms with E-state index in [2.05, 4.69) is 30.0 Å². The van der Waals surface area contributed by atoms with Crippen molar-refractivity contribution in [1.82, 2.24) is 15.0 Å². The molecule has 2 heterocycles. The molecule has 200 valence electrons. The number of fused-ring (bicyclic) bond motifs is 1. The van der Waals surface area contributed by atoms with Crippen molar-refractivity contribution in [3.63, 3.8) is 0 Å². The van der Waals surface area contributed by atoms with Crippen LogP contribution in [0.2, 0.25) is 0 Å². The second kappa shape index (κ2) is 11.7. The van der Waals surface area contributed by atoms with Gasteiger partial charge in [0.25, 0.3) is 0 Å². The predicted molar refractivity (Wildman–Crippen MR) is 131 cm³/mol. The number of H-pyrrole nitrogens is 2. The zero-order valence-electron chi connectivity index (χ0n) is 20.3. The van der Waals surface area contributed by atoms with Crippen molar-refractivity contribution in [2.45, 2.75) is 31.9 Å². The number of alkyl halides is 3. The van der Waals surface area contributed by atoms with Gasteiger partial charge in [0.05, 0.1) is 13.0 Å². The van der Waals surface area contributed by atoms with Crippen molar-refractivity contribution in [2.75, 3.05) is 18.5 Å². The topological polar surface area (TPSA) is 118 Å². The Morgan fingerprint density at radius 2 is 1.89 bits per heavy atom. The van der Waals surface area contributed by atoms with Crippen LogP contribution >= 0.6 is 0 Å². The van der Waals surface area contributed by atoms with Crippen LogP contribution in [0, 0.1) is 6.92 Å². The van der Waals surface area contributed by atoms with Crippen molar-refractivity contribution in [1.29, 1.82) is 0 Å². The monoisotopic (exact) mass is 530 g/mol. The number of hydrogen-bond donors (Lipinski definition) is 3. The quantitative estimate of drug-likeness (QED) is 0.147. The third kappa shape index (κ3) is 6.64. The minimum atomic E-state index is -5.28. The van der Waals surface area contributed by atoms with Crippen molar-refractivity contribution in [3.8, 4) is 5.75 Å². The molecular formula is C26H25F3N4O5. The molecule has 0 fully saturated rings. The maximum absolute atomic E-state index is 12.4. The zero-order chi connectivity index (χ0) is 27.1. The molecule has 4 aromatic rings. The van der Waals surface area contributed by atoms with E-state index < -0.39 is 24.0 Å². The minimum absolute atomic E-state index is 0.357. The van der Waals surface area contributed by atoms with Crippen LogP contribution < -0.4 is 10.1 Å². The van der Waals surface area contributed by atoms with E-state index in [1.54, 1.807) is 30.7 Å². The summed E-state index contributed by atoms with van der Waals surface area (Å²) >= 11 is 0. The van der Waals surface area contributed by atoms with E-state index in [0.717, 1.165) is 34.0 Å². The molecule has 2 aromatic heterocycles. The van der Waals surface area contributed by atoms with Crippen LogP contribution in [-0.4, -0.2) is 46.2 Å². The number of imidazole rings is 1. The lowest BCUT2D eigenvalue weighted by Crippen LogP contribution is -2.27. The number of aromatic amines is 2. The Labute approximate surface area is 215 Å². The van der Waals surface area contributed by atoms with Crippen LogP contribution in [0.5, 0.6) is 5.75 Å². The highest BCUT2D eigenvalue weighted by Crippen LogP contribution is 2.36. The maximum Gasteiger partial charge on any atom is 0.495 e. The largest absolute Gasteiger partial charge is 0.495 e. The molecule has 0 saturated heterocycles. The van der Waals surface area contributed by atoms with Gasteiger partial charge < -0.3 is 20.0 Å². The number of hydrogen-bond acceptors (Lipinski definition) is 7. The molecule has 4 rings (SSSR count). The number of ether oxygens (including phenoxy) is 1. The van der Waals surface area contributed by atoms with Gasteiger partial charge >= 0.3 is 18.1 Å². The molecule has 0 spiro atoms. The van der Waals surface area contributed by atoms with Gasteiger partial charge in [-0.1, -0.05) is 24.3 Å². The average Bonchev–Trinajstić information content (AvgIpc) is 3.55. The van der Waals surface area contributed by atoms with E-state index in [1.165, 1.54) is 0 Å². The lowest BCUT2D eigenvalue weighted by Gasteiger charge is -2.18. The molecule has 0 aliphatic rings. The summed E-state index contributed by atoms with van der Waals surface area (Å²) in [5, 5.41) is 3.94. The molecule has 0 saturated carbocycles. The van der Waals surface area contributed by atoms with Gasteiger partial charge in [-0.25, -0.2) is 24.3 Å². The fraction of sp³-hybridized carbons (Fsp3) is 0.269. The van der Waals surface area contributed by atoms with Crippen LogP contribution in [0.15, 0.2) is 61.1 Å². The van der Waals surface area contributed by atoms with E-state index in [1.807, 2.05) is 37.3 Å². The first-order valence-electron chi connectivity index (χ1n) is 11.7. The summed E-state index contributed by atoms with van der Waals surface area (Å²) in [5.41, 5.74) is 3.12. The number of nitrogens with one attached hydrogen (secondary N) is 3. The summed E-state index contributed by atoms with van der Waals surface area (Å²) in [6.45, 7) is 3.01. The average molecular weight is 531 g/mol. The smallest absolute Gasteiger partial charge is 0.493 e. The summed E-state index contributed by atoms with van der Waals surface area (Å²) in [7, 11) is 0. The number of rotatable bonds is 10. The van der Waals surface area contributed by atoms with Gasteiger partial charge in [0.15, 0.2) is 5.95 Å². The summed E-state index contributed by atoms with van der Waals surface area (Å²) in [4.78, 5) is 41.4. The van der Waals surface area contributed by atoms with E-state index in [-0.39, 0.29) is 6.42 Å². The van der Waals surface area contributed by atoms with Crippen LogP contribution in [0.4, 0.5) is 19.1 Å². The number of anilines is 1. The first-order valence-corrected chi connectivity index (χ1v) is 11.7. The van der Waals surface area contributed by atoms with E-state index in [0.29, 0.717) is 24.8 Å². The van der Waals surface area contributed by atoms with E-state index >= 15 is 0 Å². The maximum atomic E-state index is 12.4. The zero-order valence-corrected chi connectivity index (χ0v) is 20.3. The van der Waals surface area contributed by atoms with Crippen molar-refractivity contribution in [2.24, 2.45) is 0 Å². The summed E-state index contributed by atoms with van der Waals surface area (Å²) < 4.78 is 43.0. The molecule has 0 bridgehead atoms. The Balaban J connectivity index is 1.46. The molecule has 9 nitrogen and oxygen atoms in total. The molecule has 3 N–H and O–H groups in total. The molecule has 1 atom stereocenters. The first kappa shape index (κ1) is 26.6. The van der Waals surface area contributed by atoms with Crippen molar-refractivity contribution < 1.29 is 37.3 Å². The number of aryl methyl sites for hydroxylation is 1. The van der Waals surface area contributed by atoms with Gasteiger partial charge in [-0.05, 0) is 42.2 Å². The number of nitrogens with zero attached hydrogens (tertiary/aromatic N) is 1. The normalized spacial score (nSPS) is 12.2. The van der Waals surface area contributed by atoms with Crippen molar-refractivity contribution >= 4 is 28.8 Å². The Bertz CT molecular complexity index is 1390. The fourth-order valence-electron chi connectivity index (χ4n) is 4.03. The molecule has 1 unspecified atom stereocenters. The molecule has 38 heavy (non-hydrogen) atoms. The standard InChI is InChI=1S/C26H25F3N4O5/c1-16-5-2-3-6-18(16)20(14-23(34)37-38-24(35)26(27,28)29)21-15-33-22-13-17(7-8-19(21)22)36-12-4-9-30-25-31-10-11-32-25/h2-3,5-8,10-11,13,15,20,33H,4,9,12,14H2,1H3,(H2,30,31,32). The summed E-state index contributed by atoms with van der Waals surface area (Å²) in [6, 6.07) is 12.8. The third-order valence-electron chi connectivity index (χ3n) is 5.82. The van der Waals surface area contributed by atoms with Gasteiger partial charge in [-0.2, -0.15) is 13.2 Å². The van der Waals surface area contributed by atoms with Crippen LogP contribution in [0.3, 0.4) is 0 Å². The van der Waals surface area contributed by atoms with Crippen LogP contribution in [0.25, 0.3) is 10.9 Å². The van der Waals surface area contributed by atoms with Gasteiger partial charge in [0.1, 0.15) is 5.75 Å². The molecule has 0 aliphatic heterocycles. The van der Waals surface area contributed by atoms with Gasteiger partial charge in [0.2, 0.25) is 0 Å². The Kier molecular flexibility index (Phi) is 8.19. The number of benzene rings is 2. The highest BCUT2D eigenvalue weighted by molar-refractivity contribution is 5.86.